The van der Waals surface area contributed by atoms with Crippen molar-refractivity contribution < 1.29 is 13.2 Å². The van der Waals surface area contributed by atoms with Crippen LogP contribution < -0.4 is 10.2 Å². The monoisotopic (exact) mass is 323 g/mol. The molecule has 0 aromatic carbocycles. The van der Waals surface area contributed by atoms with Gasteiger partial charge in [0.1, 0.15) is 5.82 Å². The molecule has 7 heteroatoms. The molecule has 1 unspecified atom stereocenters. The molecule has 1 saturated carbocycles. The van der Waals surface area contributed by atoms with Gasteiger partial charge in [0.05, 0.1) is 23.4 Å². The van der Waals surface area contributed by atoms with E-state index in [2.05, 4.69) is 10.3 Å². The fourth-order valence-corrected chi connectivity index (χ4v) is 4.63. The Balaban J connectivity index is 1.62. The summed E-state index contributed by atoms with van der Waals surface area (Å²) in [5.74, 6) is 1.18. The van der Waals surface area contributed by atoms with Crippen molar-refractivity contribution in [1.29, 1.82) is 0 Å². The van der Waals surface area contributed by atoms with E-state index in [0.717, 1.165) is 24.9 Å². The lowest BCUT2D eigenvalue weighted by Gasteiger charge is -2.26. The molecule has 1 amide bonds. The van der Waals surface area contributed by atoms with Crippen LogP contribution in [0.25, 0.3) is 0 Å². The summed E-state index contributed by atoms with van der Waals surface area (Å²) in [6, 6.07) is 3.64. The molecule has 1 atom stereocenters. The van der Waals surface area contributed by atoms with Crippen LogP contribution in [0.3, 0.4) is 0 Å². The van der Waals surface area contributed by atoms with Crippen LogP contribution in [0, 0.1) is 5.92 Å². The number of sulfone groups is 1. The van der Waals surface area contributed by atoms with E-state index in [4.69, 9.17) is 0 Å². The number of carbonyl (C=O) groups excluding carboxylic acids is 1. The zero-order chi connectivity index (χ0) is 15.7. The molecule has 6 nitrogen and oxygen atoms in total. The molecule has 0 bridgehead atoms. The van der Waals surface area contributed by atoms with Crippen molar-refractivity contribution in [2.45, 2.75) is 31.7 Å². The normalized spacial score (nSPS) is 23.8. The van der Waals surface area contributed by atoms with E-state index >= 15 is 0 Å². The van der Waals surface area contributed by atoms with Crippen LogP contribution in [0.5, 0.6) is 0 Å². The van der Waals surface area contributed by atoms with E-state index in [1.807, 2.05) is 18.0 Å². The summed E-state index contributed by atoms with van der Waals surface area (Å²) in [5.41, 5.74) is 0.865. The van der Waals surface area contributed by atoms with Gasteiger partial charge in [0.25, 0.3) is 0 Å². The minimum atomic E-state index is -2.90. The average molecular weight is 323 g/mol. The lowest BCUT2D eigenvalue weighted by atomic mass is 9.85. The van der Waals surface area contributed by atoms with Crippen LogP contribution in [-0.4, -0.2) is 43.9 Å². The Bertz CT molecular complexity index is 653. The maximum atomic E-state index is 11.9. The van der Waals surface area contributed by atoms with Gasteiger partial charge in [0.15, 0.2) is 9.84 Å². The predicted octanol–water partition coefficient (Wildman–Crippen LogP) is 1.44. The van der Waals surface area contributed by atoms with Crippen LogP contribution >= 0.6 is 0 Å². The number of hydrogen-bond acceptors (Lipinski definition) is 5. The second kappa shape index (κ2) is 5.87. The molecule has 2 aliphatic rings. The van der Waals surface area contributed by atoms with Gasteiger partial charge >= 0.3 is 0 Å². The first-order valence-electron chi connectivity index (χ1n) is 7.65. The first-order chi connectivity index (χ1) is 10.4. The highest BCUT2D eigenvalue weighted by Crippen LogP contribution is 2.28. The largest absolute Gasteiger partial charge is 0.369 e. The first kappa shape index (κ1) is 15.3. The van der Waals surface area contributed by atoms with Crippen LogP contribution in [0.1, 0.15) is 25.7 Å². The number of pyridine rings is 1. The highest BCUT2D eigenvalue weighted by atomic mass is 32.2. The summed E-state index contributed by atoms with van der Waals surface area (Å²) in [4.78, 5) is 18.1. The number of aromatic nitrogens is 1. The van der Waals surface area contributed by atoms with Gasteiger partial charge in [-0.15, -0.1) is 0 Å². The topological polar surface area (TPSA) is 79.4 Å². The molecular weight excluding hydrogens is 302 g/mol. The molecule has 1 N–H and O–H groups in total. The van der Waals surface area contributed by atoms with Crippen molar-refractivity contribution >= 4 is 27.2 Å². The number of amides is 1. The van der Waals surface area contributed by atoms with Gasteiger partial charge in [-0.05, 0) is 31.4 Å². The predicted molar refractivity (Wildman–Crippen MR) is 85.7 cm³/mol. The molecular formula is C15H21N3O3S. The van der Waals surface area contributed by atoms with E-state index in [1.54, 1.807) is 12.3 Å². The van der Waals surface area contributed by atoms with Crippen molar-refractivity contribution in [3.8, 4) is 0 Å². The van der Waals surface area contributed by atoms with Crippen LogP contribution in [0.4, 0.5) is 11.5 Å². The molecule has 120 valence electrons. The van der Waals surface area contributed by atoms with E-state index in [1.165, 1.54) is 0 Å². The molecule has 2 fully saturated rings. The standard InChI is InChI=1S/C15H21N3O3S/c1-18(13-7-8-22(20,21)10-13)12-5-6-14(16-9-12)17-15(19)11-3-2-4-11/h5-6,9,11,13H,2-4,7-8,10H2,1H3,(H,16,17,19). The summed E-state index contributed by atoms with van der Waals surface area (Å²) >= 11 is 0. The molecule has 1 aliphatic heterocycles. The van der Waals surface area contributed by atoms with E-state index in [-0.39, 0.29) is 29.4 Å². The number of anilines is 2. The van der Waals surface area contributed by atoms with Crippen molar-refractivity contribution in [1.82, 2.24) is 4.98 Å². The molecule has 3 rings (SSSR count). The summed E-state index contributed by atoms with van der Waals surface area (Å²) < 4.78 is 23.1. The zero-order valence-corrected chi connectivity index (χ0v) is 13.5. The minimum absolute atomic E-state index is 0.00205. The molecule has 1 aliphatic carbocycles. The van der Waals surface area contributed by atoms with Gasteiger partial charge in [-0.2, -0.15) is 0 Å². The molecule has 22 heavy (non-hydrogen) atoms. The summed E-state index contributed by atoms with van der Waals surface area (Å²) in [6.45, 7) is 0. The number of carbonyl (C=O) groups is 1. The molecule has 1 aromatic heterocycles. The van der Waals surface area contributed by atoms with Crippen molar-refractivity contribution in [3.63, 3.8) is 0 Å². The Labute approximate surface area is 130 Å². The SMILES string of the molecule is CN(c1ccc(NC(=O)C2CCC2)nc1)C1CCS(=O)(=O)C1. The fraction of sp³-hybridized carbons (Fsp3) is 0.600. The van der Waals surface area contributed by atoms with Gasteiger partial charge in [0.2, 0.25) is 5.91 Å². The summed E-state index contributed by atoms with van der Waals surface area (Å²) in [7, 11) is -1.01. The Morgan fingerprint density at radius 3 is 2.59 bits per heavy atom. The lowest BCUT2D eigenvalue weighted by Crippen LogP contribution is -2.32. The van der Waals surface area contributed by atoms with E-state index in [9.17, 15) is 13.2 Å². The highest BCUT2D eigenvalue weighted by molar-refractivity contribution is 7.91. The number of rotatable bonds is 4. The van der Waals surface area contributed by atoms with Crippen LogP contribution in [-0.2, 0) is 14.6 Å². The molecule has 0 spiro atoms. The molecule has 1 aromatic rings. The highest BCUT2D eigenvalue weighted by Gasteiger charge is 2.31. The first-order valence-corrected chi connectivity index (χ1v) is 9.47. The number of nitrogens with one attached hydrogen (secondary N) is 1. The van der Waals surface area contributed by atoms with E-state index < -0.39 is 9.84 Å². The lowest BCUT2D eigenvalue weighted by molar-refractivity contribution is -0.122. The zero-order valence-electron chi connectivity index (χ0n) is 12.7. The smallest absolute Gasteiger partial charge is 0.228 e. The van der Waals surface area contributed by atoms with Crippen LogP contribution in [0.2, 0.25) is 0 Å². The van der Waals surface area contributed by atoms with Crippen molar-refractivity contribution in [2.75, 3.05) is 28.8 Å². The Kier molecular flexibility index (Phi) is 4.08. The second-order valence-electron chi connectivity index (χ2n) is 6.19. The van der Waals surface area contributed by atoms with Gasteiger partial charge in [-0.3, -0.25) is 4.79 Å². The molecule has 2 heterocycles. The Hall–Kier alpha value is -1.63. The quantitative estimate of drug-likeness (QED) is 0.907. The summed E-state index contributed by atoms with van der Waals surface area (Å²) in [5, 5.41) is 2.83. The van der Waals surface area contributed by atoms with Crippen molar-refractivity contribution in [2.24, 2.45) is 5.92 Å². The van der Waals surface area contributed by atoms with Crippen molar-refractivity contribution in [3.05, 3.63) is 18.3 Å². The molecule has 1 saturated heterocycles. The average Bonchev–Trinajstić information content (AvgIpc) is 2.77. The second-order valence-corrected chi connectivity index (χ2v) is 8.42. The van der Waals surface area contributed by atoms with E-state index in [0.29, 0.717) is 12.2 Å². The maximum Gasteiger partial charge on any atom is 0.228 e. The number of nitrogens with zero attached hydrogens (tertiary/aromatic N) is 2. The fourth-order valence-electron chi connectivity index (χ4n) is 2.86. The molecule has 0 radical (unpaired) electrons. The Morgan fingerprint density at radius 2 is 2.09 bits per heavy atom. The number of hydrogen-bond donors (Lipinski definition) is 1. The Morgan fingerprint density at radius 1 is 1.32 bits per heavy atom. The van der Waals surface area contributed by atoms with Gasteiger partial charge in [-0.25, -0.2) is 13.4 Å². The third-order valence-electron chi connectivity index (χ3n) is 4.64. The maximum absolute atomic E-state index is 11.9. The minimum Gasteiger partial charge on any atom is -0.369 e. The van der Waals surface area contributed by atoms with Crippen LogP contribution in [0.15, 0.2) is 18.3 Å². The third kappa shape index (κ3) is 3.24. The summed E-state index contributed by atoms with van der Waals surface area (Å²) in [6.07, 6.45) is 5.38. The van der Waals surface area contributed by atoms with Gasteiger partial charge in [-0.1, -0.05) is 6.42 Å². The van der Waals surface area contributed by atoms with Gasteiger partial charge in [0, 0.05) is 19.0 Å². The van der Waals surface area contributed by atoms with Gasteiger partial charge < -0.3 is 10.2 Å². The third-order valence-corrected chi connectivity index (χ3v) is 6.39.